The molecule has 1 aromatic heterocycles. The average molecular weight is 505 g/mol. The Bertz CT molecular complexity index is 663. The summed E-state index contributed by atoms with van der Waals surface area (Å²) in [5, 5.41) is 0. The smallest absolute Gasteiger partial charge is 0.350 e. The van der Waals surface area contributed by atoms with Crippen molar-refractivity contribution in [1.82, 2.24) is 0 Å². The molecule has 0 spiro atoms. The van der Waals surface area contributed by atoms with Crippen molar-refractivity contribution in [1.29, 1.82) is 0 Å². The van der Waals surface area contributed by atoms with E-state index in [-0.39, 0.29) is 17.8 Å². The number of hydrogen-bond donors (Lipinski definition) is 0. The number of rotatable bonds is 5. The fraction of sp³-hybridized carbons (Fsp3) is 0.700. The van der Waals surface area contributed by atoms with Crippen molar-refractivity contribution in [2.45, 2.75) is 45.4 Å². The molecular weight excluding hydrogens is 477 g/mol. The number of amides is 1. The van der Waals surface area contributed by atoms with Crippen molar-refractivity contribution in [3.05, 3.63) is 13.8 Å². The average Bonchev–Trinajstić information content (AvgIpc) is 3.08. The third-order valence-electron chi connectivity index (χ3n) is 5.76. The first kappa shape index (κ1) is 21.0. The molecule has 0 bridgehead atoms. The van der Waals surface area contributed by atoms with Crippen molar-refractivity contribution in [3.63, 3.8) is 0 Å². The maximum atomic E-state index is 13.5. The van der Waals surface area contributed by atoms with E-state index in [2.05, 4.69) is 29.5 Å². The highest BCUT2D eigenvalue weighted by Gasteiger charge is 2.33. The predicted octanol–water partition coefficient (Wildman–Crippen LogP) is 4.73. The van der Waals surface area contributed by atoms with Gasteiger partial charge in [0.15, 0.2) is 0 Å². The van der Waals surface area contributed by atoms with Crippen LogP contribution in [0.15, 0.2) is 6.07 Å². The van der Waals surface area contributed by atoms with E-state index < -0.39 is 0 Å². The number of anilines is 1. The molecule has 0 unspecified atom stereocenters. The van der Waals surface area contributed by atoms with Gasteiger partial charge >= 0.3 is 5.97 Å². The van der Waals surface area contributed by atoms with Gasteiger partial charge in [0.2, 0.25) is 5.91 Å². The highest BCUT2D eigenvalue weighted by Crippen LogP contribution is 2.37. The van der Waals surface area contributed by atoms with Gasteiger partial charge in [-0.15, -0.1) is 11.3 Å². The number of carbonyl (C=O) groups excluding carboxylic acids is 2. The van der Waals surface area contributed by atoms with Gasteiger partial charge in [0.05, 0.1) is 15.7 Å². The van der Waals surface area contributed by atoms with Crippen LogP contribution in [0, 0.1) is 20.6 Å². The van der Waals surface area contributed by atoms with Gasteiger partial charge < -0.3 is 14.4 Å². The third kappa shape index (κ3) is 5.23. The topological polar surface area (TPSA) is 55.8 Å². The fourth-order valence-corrected chi connectivity index (χ4v) is 5.77. The molecule has 2 aliphatic rings. The van der Waals surface area contributed by atoms with E-state index in [1.165, 1.54) is 18.4 Å². The van der Waals surface area contributed by atoms with E-state index in [9.17, 15) is 9.59 Å². The highest BCUT2D eigenvalue weighted by molar-refractivity contribution is 14.1. The summed E-state index contributed by atoms with van der Waals surface area (Å²) in [7, 11) is 1.39. The molecule has 1 saturated carbocycles. The van der Waals surface area contributed by atoms with Gasteiger partial charge in [-0.1, -0.05) is 6.92 Å². The number of ether oxygens (including phenoxy) is 2. The molecule has 0 atom stereocenters. The molecule has 0 aromatic carbocycles. The zero-order valence-corrected chi connectivity index (χ0v) is 19.0. The molecule has 27 heavy (non-hydrogen) atoms. The van der Waals surface area contributed by atoms with Crippen molar-refractivity contribution < 1.29 is 19.1 Å². The normalized spacial score (nSPS) is 23.8. The van der Waals surface area contributed by atoms with E-state index in [4.69, 9.17) is 9.47 Å². The Labute approximate surface area is 178 Å². The van der Waals surface area contributed by atoms with Crippen LogP contribution >= 0.6 is 33.9 Å². The molecule has 2 heterocycles. The standard InChI is InChI=1S/C20H28INO4S/c1-13-3-5-15(6-4-13)19(23)22(12-14-7-9-26-10-8-14)16-11-17(21)27-18(16)20(24)25-2/h11,13-15H,3-10,12H2,1-2H3/t13-,15-. The maximum absolute atomic E-state index is 13.5. The second kappa shape index (κ2) is 9.69. The SMILES string of the molecule is COC(=O)c1sc(I)cc1N(CC1CCOCC1)C(=O)[C@H]1CC[C@H](C)CC1. The van der Waals surface area contributed by atoms with E-state index in [1.807, 2.05) is 11.0 Å². The second-order valence-electron chi connectivity index (χ2n) is 7.72. The zero-order chi connectivity index (χ0) is 19.4. The minimum Gasteiger partial charge on any atom is -0.465 e. The van der Waals surface area contributed by atoms with Crippen LogP contribution in [0.1, 0.15) is 55.1 Å². The molecule has 1 amide bonds. The molecule has 0 radical (unpaired) electrons. The maximum Gasteiger partial charge on any atom is 0.350 e. The van der Waals surface area contributed by atoms with E-state index in [1.54, 1.807) is 0 Å². The first-order chi connectivity index (χ1) is 13.0. The molecule has 1 aliphatic carbocycles. The molecule has 0 N–H and O–H groups in total. The summed E-state index contributed by atoms with van der Waals surface area (Å²) in [5.74, 6) is 0.982. The first-order valence-corrected chi connectivity index (χ1v) is 11.7. The van der Waals surface area contributed by atoms with Crippen LogP contribution < -0.4 is 4.90 Å². The van der Waals surface area contributed by atoms with Crippen molar-refractivity contribution in [3.8, 4) is 0 Å². The monoisotopic (exact) mass is 505 g/mol. The lowest BCUT2D eigenvalue weighted by Gasteiger charge is -2.34. The summed E-state index contributed by atoms with van der Waals surface area (Å²) in [6.45, 7) is 4.42. The Kier molecular flexibility index (Phi) is 7.56. The number of hydrogen-bond acceptors (Lipinski definition) is 5. The fourth-order valence-electron chi connectivity index (χ4n) is 4.01. The van der Waals surface area contributed by atoms with Crippen LogP contribution in [-0.2, 0) is 14.3 Å². The first-order valence-electron chi connectivity index (χ1n) is 9.76. The Balaban J connectivity index is 1.87. The predicted molar refractivity (Wildman–Crippen MR) is 115 cm³/mol. The number of nitrogens with zero attached hydrogens (tertiary/aromatic N) is 1. The number of carbonyl (C=O) groups is 2. The lowest BCUT2D eigenvalue weighted by molar-refractivity contribution is -0.123. The summed E-state index contributed by atoms with van der Waals surface area (Å²) in [5.41, 5.74) is 0.728. The largest absolute Gasteiger partial charge is 0.465 e. The van der Waals surface area contributed by atoms with Gasteiger partial charge in [-0.05, 0) is 79.0 Å². The summed E-state index contributed by atoms with van der Waals surface area (Å²) >= 11 is 3.61. The number of esters is 1. The Morgan fingerprint density at radius 2 is 1.89 bits per heavy atom. The lowest BCUT2D eigenvalue weighted by Crippen LogP contribution is -2.42. The van der Waals surface area contributed by atoms with Gasteiger partial charge in [-0.2, -0.15) is 0 Å². The van der Waals surface area contributed by atoms with E-state index in [0.29, 0.717) is 23.3 Å². The quantitative estimate of drug-likeness (QED) is 0.429. The van der Waals surface area contributed by atoms with Crippen LogP contribution in [0.2, 0.25) is 0 Å². The van der Waals surface area contributed by atoms with E-state index >= 15 is 0 Å². The van der Waals surface area contributed by atoms with Gasteiger partial charge in [0, 0.05) is 25.7 Å². The van der Waals surface area contributed by atoms with Gasteiger partial charge in [-0.25, -0.2) is 4.79 Å². The Hall–Kier alpha value is -0.670. The van der Waals surface area contributed by atoms with E-state index in [0.717, 1.165) is 60.3 Å². The van der Waals surface area contributed by atoms with Crippen molar-refractivity contribution in [2.24, 2.45) is 17.8 Å². The van der Waals surface area contributed by atoms with Gasteiger partial charge in [-0.3, -0.25) is 4.79 Å². The molecule has 5 nitrogen and oxygen atoms in total. The molecule has 3 rings (SSSR count). The Morgan fingerprint density at radius 3 is 2.52 bits per heavy atom. The lowest BCUT2D eigenvalue weighted by atomic mass is 9.82. The number of methoxy groups -OCH3 is 1. The summed E-state index contributed by atoms with van der Waals surface area (Å²) in [6, 6.07) is 1.96. The van der Waals surface area contributed by atoms with Gasteiger partial charge in [0.25, 0.3) is 0 Å². The van der Waals surface area contributed by atoms with Crippen LogP contribution in [0.25, 0.3) is 0 Å². The molecule has 1 saturated heterocycles. The molecule has 1 aliphatic heterocycles. The number of thiophene rings is 1. The summed E-state index contributed by atoms with van der Waals surface area (Å²) in [6.07, 6.45) is 6.01. The third-order valence-corrected chi connectivity index (χ3v) is 7.62. The minimum atomic E-state index is -0.361. The van der Waals surface area contributed by atoms with Crippen molar-refractivity contribution in [2.75, 3.05) is 31.8 Å². The van der Waals surface area contributed by atoms with Crippen LogP contribution in [0.5, 0.6) is 0 Å². The van der Waals surface area contributed by atoms with Crippen molar-refractivity contribution >= 4 is 51.5 Å². The van der Waals surface area contributed by atoms with Crippen LogP contribution in [0.4, 0.5) is 5.69 Å². The number of halogens is 1. The molecular formula is C20H28INO4S. The molecule has 150 valence electrons. The molecule has 1 aromatic rings. The molecule has 2 fully saturated rings. The Morgan fingerprint density at radius 1 is 1.22 bits per heavy atom. The van der Waals surface area contributed by atoms with Crippen LogP contribution in [0.3, 0.4) is 0 Å². The zero-order valence-electron chi connectivity index (χ0n) is 16.0. The van der Waals surface area contributed by atoms with Gasteiger partial charge in [0.1, 0.15) is 4.88 Å². The summed E-state index contributed by atoms with van der Waals surface area (Å²) in [4.78, 5) is 28.2. The summed E-state index contributed by atoms with van der Waals surface area (Å²) < 4.78 is 11.5. The minimum absolute atomic E-state index is 0.0594. The highest BCUT2D eigenvalue weighted by atomic mass is 127. The van der Waals surface area contributed by atoms with Crippen LogP contribution in [-0.4, -0.2) is 38.7 Å². The molecule has 7 heteroatoms. The second-order valence-corrected chi connectivity index (χ2v) is 10.7.